The van der Waals surface area contributed by atoms with E-state index in [4.69, 9.17) is 4.42 Å². The van der Waals surface area contributed by atoms with Crippen LogP contribution < -0.4 is 4.90 Å². The van der Waals surface area contributed by atoms with Crippen molar-refractivity contribution in [1.29, 1.82) is 0 Å². The van der Waals surface area contributed by atoms with Crippen LogP contribution in [-0.4, -0.2) is 4.57 Å². The average Bonchev–Trinajstić information content (AvgIpc) is 3.95. The van der Waals surface area contributed by atoms with Crippen molar-refractivity contribution in [1.82, 2.24) is 4.57 Å². The van der Waals surface area contributed by atoms with Gasteiger partial charge in [-0.25, -0.2) is 0 Å². The van der Waals surface area contributed by atoms with Crippen LogP contribution in [0.2, 0.25) is 0 Å². The molecule has 3 heteroatoms. The number of nitrogens with zero attached hydrogens (tertiary/aromatic N) is 2. The smallest absolute Gasteiger partial charge is 0.143 e. The number of aromatic nitrogens is 1. The van der Waals surface area contributed by atoms with Crippen LogP contribution in [0.15, 0.2) is 259 Å². The largest absolute Gasteiger partial charge is 0.455 e. The van der Waals surface area contributed by atoms with Gasteiger partial charge in [-0.05, 0) is 129 Å². The molecule has 2 aromatic heterocycles. The molecule has 0 radical (unpaired) electrons. The summed E-state index contributed by atoms with van der Waals surface area (Å²) in [6, 6.07) is 91.9. The summed E-state index contributed by atoms with van der Waals surface area (Å²) in [7, 11) is 0. The zero-order chi connectivity index (χ0) is 44.3. The van der Waals surface area contributed by atoms with E-state index in [0.717, 1.165) is 55.8 Å². The number of anilines is 3. The molecule has 0 N–H and O–H groups in total. The molecule has 0 bridgehead atoms. The molecule has 0 amide bonds. The predicted molar refractivity (Wildman–Crippen MR) is 282 cm³/mol. The van der Waals surface area contributed by atoms with Crippen LogP contribution in [0.5, 0.6) is 0 Å². The lowest BCUT2D eigenvalue weighted by Crippen LogP contribution is -2.09. The molecule has 0 aliphatic rings. The highest BCUT2D eigenvalue weighted by atomic mass is 16.3. The molecule has 13 rings (SSSR count). The summed E-state index contributed by atoms with van der Waals surface area (Å²) in [5.74, 6) is 0. The van der Waals surface area contributed by atoms with Gasteiger partial charge in [-0.15, -0.1) is 0 Å². The van der Waals surface area contributed by atoms with Gasteiger partial charge in [-0.2, -0.15) is 0 Å². The van der Waals surface area contributed by atoms with Crippen molar-refractivity contribution in [2.24, 2.45) is 0 Å². The Balaban J connectivity index is 0.845. The first-order chi connectivity index (χ1) is 33.2. The molecule has 314 valence electrons. The second-order valence-corrected chi connectivity index (χ2v) is 17.3. The number of hydrogen-bond acceptors (Lipinski definition) is 2. The molecule has 0 atom stereocenters. The van der Waals surface area contributed by atoms with Gasteiger partial charge in [0, 0.05) is 49.9 Å². The third kappa shape index (κ3) is 6.76. The Labute approximate surface area is 388 Å². The lowest BCUT2D eigenvalue weighted by atomic mass is 9.99. The van der Waals surface area contributed by atoms with Gasteiger partial charge < -0.3 is 13.9 Å². The standard InChI is InChI=1S/C64H42N2O/c1-3-12-43(13-4-1)45-24-32-52(33-25-45)65(53-34-26-46(27-35-53)44-14-5-2-6-15-44)54-36-28-47(29-37-54)50-31-39-62-60(42-50)57-16-7-9-20-61(57)66(62)55-38-30-48-40-51(23-22-49(48)41-55)56-18-11-19-59-58-17-8-10-21-63(58)67-64(56)59/h1-42H. The SMILES string of the molecule is c1ccc(-c2ccc(N(c3ccc(-c4ccccc4)cc3)c3ccc(-c4ccc5c(c4)c4ccccc4n5-c4ccc5cc(-c6cccc7c6oc6ccccc67)ccc5c4)cc3)cc2)cc1. The van der Waals surface area contributed by atoms with E-state index in [2.05, 4.69) is 252 Å². The Hall–Kier alpha value is -8.92. The van der Waals surface area contributed by atoms with Gasteiger partial charge in [0.1, 0.15) is 11.2 Å². The van der Waals surface area contributed by atoms with Crippen molar-refractivity contribution < 1.29 is 4.42 Å². The van der Waals surface area contributed by atoms with Crippen LogP contribution >= 0.6 is 0 Å². The molecule has 0 aliphatic heterocycles. The van der Waals surface area contributed by atoms with Gasteiger partial charge in [-0.3, -0.25) is 0 Å². The molecule has 11 aromatic carbocycles. The lowest BCUT2D eigenvalue weighted by molar-refractivity contribution is 0.670. The molecular formula is C64H42N2O. The summed E-state index contributed by atoms with van der Waals surface area (Å²) in [4.78, 5) is 2.34. The van der Waals surface area contributed by atoms with E-state index in [9.17, 15) is 0 Å². The number of benzene rings is 11. The quantitative estimate of drug-likeness (QED) is 0.152. The normalized spacial score (nSPS) is 11.6. The Morgan fingerprint density at radius 1 is 0.299 bits per heavy atom. The van der Waals surface area contributed by atoms with Crippen molar-refractivity contribution in [2.75, 3.05) is 4.90 Å². The first-order valence-electron chi connectivity index (χ1n) is 22.9. The predicted octanol–water partition coefficient (Wildman–Crippen LogP) is 18.0. The summed E-state index contributed by atoms with van der Waals surface area (Å²) in [6.45, 7) is 0. The molecule has 2 heterocycles. The number of fused-ring (bicyclic) bond motifs is 7. The van der Waals surface area contributed by atoms with Crippen molar-refractivity contribution in [2.45, 2.75) is 0 Å². The molecular weight excluding hydrogens is 813 g/mol. The van der Waals surface area contributed by atoms with Crippen molar-refractivity contribution in [3.63, 3.8) is 0 Å². The van der Waals surface area contributed by atoms with Crippen molar-refractivity contribution in [3.8, 4) is 50.2 Å². The fourth-order valence-corrected chi connectivity index (χ4v) is 10.1. The van der Waals surface area contributed by atoms with Crippen molar-refractivity contribution >= 4 is 71.6 Å². The van der Waals surface area contributed by atoms with E-state index in [1.165, 1.54) is 66.0 Å². The Morgan fingerprint density at radius 3 is 1.46 bits per heavy atom. The Bertz CT molecular complexity index is 3860. The van der Waals surface area contributed by atoms with Gasteiger partial charge in [0.2, 0.25) is 0 Å². The van der Waals surface area contributed by atoms with E-state index in [0.29, 0.717) is 0 Å². The van der Waals surface area contributed by atoms with Crippen molar-refractivity contribution in [3.05, 3.63) is 255 Å². The summed E-state index contributed by atoms with van der Waals surface area (Å²) < 4.78 is 8.82. The van der Waals surface area contributed by atoms with E-state index in [1.807, 2.05) is 12.1 Å². The summed E-state index contributed by atoms with van der Waals surface area (Å²) in [5, 5.41) is 7.12. The summed E-state index contributed by atoms with van der Waals surface area (Å²) >= 11 is 0. The first-order valence-corrected chi connectivity index (χ1v) is 22.9. The molecule has 0 unspecified atom stereocenters. The second-order valence-electron chi connectivity index (χ2n) is 17.3. The summed E-state index contributed by atoms with van der Waals surface area (Å²) in [5.41, 5.74) is 18.0. The van der Waals surface area contributed by atoms with Crippen LogP contribution in [0.1, 0.15) is 0 Å². The van der Waals surface area contributed by atoms with Crippen LogP contribution in [0, 0.1) is 0 Å². The van der Waals surface area contributed by atoms with Gasteiger partial charge in [0.15, 0.2) is 0 Å². The zero-order valence-corrected chi connectivity index (χ0v) is 36.6. The third-order valence-corrected chi connectivity index (χ3v) is 13.4. The second kappa shape index (κ2) is 16.0. The fourth-order valence-electron chi connectivity index (χ4n) is 10.1. The van der Waals surface area contributed by atoms with E-state index < -0.39 is 0 Å². The topological polar surface area (TPSA) is 21.3 Å². The lowest BCUT2D eigenvalue weighted by Gasteiger charge is -2.26. The summed E-state index contributed by atoms with van der Waals surface area (Å²) in [6.07, 6.45) is 0. The van der Waals surface area contributed by atoms with E-state index in [1.54, 1.807) is 0 Å². The molecule has 0 spiro atoms. The molecule has 0 saturated carbocycles. The maximum atomic E-state index is 6.41. The minimum atomic E-state index is 0.914. The molecule has 67 heavy (non-hydrogen) atoms. The average molecular weight is 855 g/mol. The van der Waals surface area contributed by atoms with E-state index in [-0.39, 0.29) is 0 Å². The zero-order valence-electron chi connectivity index (χ0n) is 36.6. The third-order valence-electron chi connectivity index (χ3n) is 13.4. The number of hydrogen-bond donors (Lipinski definition) is 0. The first kappa shape index (κ1) is 38.5. The highest BCUT2D eigenvalue weighted by Crippen LogP contribution is 2.41. The monoisotopic (exact) mass is 854 g/mol. The fraction of sp³-hybridized carbons (Fsp3) is 0. The number of furan rings is 1. The molecule has 3 nitrogen and oxygen atoms in total. The Kier molecular flexibility index (Phi) is 9.17. The number of rotatable bonds is 8. The minimum Gasteiger partial charge on any atom is -0.455 e. The highest BCUT2D eigenvalue weighted by Gasteiger charge is 2.17. The maximum absolute atomic E-state index is 6.41. The molecule has 13 aromatic rings. The Morgan fingerprint density at radius 2 is 0.791 bits per heavy atom. The van der Waals surface area contributed by atoms with Gasteiger partial charge in [0.25, 0.3) is 0 Å². The molecule has 0 saturated heterocycles. The van der Waals surface area contributed by atoms with Gasteiger partial charge in [-0.1, -0.05) is 176 Å². The van der Waals surface area contributed by atoms with Gasteiger partial charge in [0.05, 0.1) is 11.0 Å². The maximum Gasteiger partial charge on any atom is 0.143 e. The van der Waals surface area contributed by atoms with Crippen LogP contribution in [0.25, 0.3) is 105 Å². The van der Waals surface area contributed by atoms with Crippen LogP contribution in [0.3, 0.4) is 0 Å². The minimum absolute atomic E-state index is 0.914. The highest BCUT2D eigenvalue weighted by molar-refractivity contribution is 6.12. The molecule has 0 fully saturated rings. The van der Waals surface area contributed by atoms with Gasteiger partial charge >= 0.3 is 0 Å². The van der Waals surface area contributed by atoms with Crippen LogP contribution in [-0.2, 0) is 0 Å². The molecule has 0 aliphatic carbocycles. The van der Waals surface area contributed by atoms with Crippen LogP contribution in [0.4, 0.5) is 17.1 Å². The van der Waals surface area contributed by atoms with E-state index >= 15 is 0 Å². The number of para-hydroxylation sites is 3.